The highest BCUT2D eigenvalue weighted by atomic mass is 16.3. The van der Waals surface area contributed by atoms with Crippen molar-refractivity contribution in [2.24, 2.45) is 0 Å². The van der Waals surface area contributed by atoms with Crippen LogP contribution in [0.3, 0.4) is 0 Å². The zero-order chi connectivity index (χ0) is 11.5. The van der Waals surface area contributed by atoms with Gasteiger partial charge in [-0.05, 0) is 13.3 Å². The van der Waals surface area contributed by atoms with E-state index >= 15 is 0 Å². The van der Waals surface area contributed by atoms with Crippen LogP contribution in [-0.2, 0) is 6.42 Å². The average Bonchev–Trinajstić information content (AvgIpc) is 2.30. The van der Waals surface area contributed by atoms with E-state index in [0.717, 1.165) is 23.2 Å². The lowest BCUT2D eigenvalue weighted by molar-refractivity contribution is 0.445. The first-order valence-electron chi connectivity index (χ1n) is 5.34. The van der Waals surface area contributed by atoms with E-state index in [1.165, 1.54) is 0 Å². The summed E-state index contributed by atoms with van der Waals surface area (Å²) in [5.41, 5.74) is 2.58. The number of hydrogen-bond donors (Lipinski definition) is 1. The van der Waals surface area contributed by atoms with E-state index in [9.17, 15) is 5.11 Å². The van der Waals surface area contributed by atoms with Gasteiger partial charge in [0.1, 0.15) is 0 Å². The summed E-state index contributed by atoms with van der Waals surface area (Å²) in [7, 11) is 0. The second-order valence-electron chi connectivity index (χ2n) is 3.65. The first-order chi connectivity index (χ1) is 7.72. The van der Waals surface area contributed by atoms with Crippen LogP contribution in [0, 0.1) is 6.92 Å². The molecular formula is C13H14N2O. The molecule has 0 saturated carbocycles. The summed E-state index contributed by atoms with van der Waals surface area (Å²) in [6.45, 7) is 3.88. The van der Waals surface area contributed by atoms with Gasteiger partial charge in [0.05, 0.1) is 0 Å². The molecule has 82 valence electrons. The minimum Gasteiger partial charge on any atom is -0.493 e. The summed E-state index contributed by atoms with van der Waals surface area (Å²) in [5.74, 6) is 0.668. The van der Waals surface area contributed by atoms with E-state index in [2.05, 4.69) is 9.97 Å². The topological polar surface area (TPSA) is 46.0 Å². The van der Waals surface area contributed by atoms with Crippen molar-refractivity contribution in [2.75, 3.05) is 0 Å². The number of aromatic hydroxyl groups is 1. The number of aromatic nitrogens is 2. The fraction of sp³-hybridized carbons (Fsp3) is 0.231. The van der Waals surface area contributed by atoms with Crippen LogP contribution in [-0.4, -0.2) is 15.1 Å². The van der Waals surface area contributed by atoms with Crippen LogP contribution in [0.2, 0.25) is 0 Å². The van der Waals surface area contributed by atoms with Crippen molar-refractivity contribution >= 4 is 0 Å². The maximum absolute atomic E-state index is 9.78. The van der Waals surface area contributed by atoms with Crippen molar-refractivity contribution in [3.05, 3.63) is 41.6 Å². The molecule has 0 spiro atoms. The third kappa shape index (κ3) is 1.89. The third-order valence-electron chi connectivity index (χ3n) is 2.58. The molecule has 3 heteroatoms. The van der Waals surface area contributed by atoms with Gasteiger partial charge < -0.3 is 5.11 Å². The fourth-order valence-corrected chi connectivity index (χ4v) is 1.71. The standard InChI is InChI=1S/C13H14N2O/c1-3-11-9(2)14-12(15-13(11)16)10-7-5-4-6-8-10/h4-8H,3H2,1-2H3,(H,14,15,16). The highest BCUT2D eigenvalue weighted by molar-refractivity contribution is 5.56. The Morgan fingerprint density at radius 3 is 2.38 bits per heavy atom. The molecule has 0 bridgehead atoms. The summed E-state index contributed by atoms with van der Waals surface area (Å²) < 4.78 is 0. The van der Waals surface area contributed by atoms with Crippen molar-refractivity contribution in [3.8, 4) is 17.3 Å². The molecule has 0 radical (unpaired) electrons. The van der Waals surface area contributed by atoms with Gasteiger partial charge >= 0.3 is 0 Å². The number of hydrogen-bond acceptors (Lipinski definition) is 3. The van der Waals surface area contributed by atoms with E-state index in [-0.39, 0.29) is 5.88 Å². The van der Waals surface area contributed by atoms with Crippen LogP contribution in [0.4, 0.5) is 0 Å². The van der Waals surface area contributed by atoms with Crippen LogP contribution in [0.5, 0.6) is 5.88 Å². The van der Waals surface area contributed by atoms with Crippen LogP contribution >= 0.6 is 0 Å². The van der Waals surface area contributed by atoms with Crippen molar-refractivity contribution in [1.29, 1.82) is 0 Å². The molecule has 2 aromatic rings. The van der Waals surface area contributed by atoms with E-state index < -0.39 is 0 Å². The van der Waals surface area contributed by atoms with Gasteiger partial charge in [-0.25, -0.2) is 4.98 Å². The highest BCUT2D eigenvalue weighted by Gasteiger charge is 2.09. The van der Waals surface area contributed by atoms with Crippen molar-refractivity contribution in [2.45, 2.75) is 20.3 Å². The Bertz CT molecular complexity index is 472. The van der Waals surface area contributed by atoms with Crippen molar-refractivity contribution in [3.63, 3.8) is 0 Å². The zero-order valence-corrected chi connectivity index (χ0v) is 9.44. The Hall–Kier alpha value is -1.90. The number of rotatable bonds is 2. The Labute approximate surface area is 94.8 Å². The highest BCUT2D eigenvalue weighted by Crippen LogP contribution is 2.22. The quantitative estimate of drug-likeness (QED) is 0.836. The van der Waals surface area contributed by atoms with Gasteiger partial charge in [-0.3, -0.25) is 0 Å². The first-order valence-corrected chi connectivity index (χ1v) is 5.34. The summed E-state index contributed by atoms with van der Waals surface area (Å²) in [5, 5.41) is 9.78. The lowest BCUT2D eigenvalue weighted by Crippen LogP contribution is -1.98. The molecule has 0 fully saturated rings. The molecule has 0 aliphatic rings. The Morgan fingerprint density at radius 2 is 1.81 bits per heavy atom. The van der Waals surface area contributed by atoms with Crippen molar-refractivity contribution in [1.82, 2.24) is 9.97 Å². The lowest BCUT2D eigenvalue weighted by Gasteiger charge is -2.07. The molecule has 1 N–H and O–H groups in total. The molecule has 0 atom stereocenters. The molecule has 0 aliphatic heterocycles. The van der Waals surface area contributed by atoms with Gasteiger partial charge in [0.15, 0.2) is 5.82 Å². The van der Waals surface area contributed by atoms with Crippen LogP contribution in [0.1, 0.15) is 18.2 Å². The molecule has 0 unspecified atom stereocenters. The van der Waals surface area contributed by atoms with Crippen molar-refractivity contribution < 1.29 is 5.11 Å². The minimum atomic E-state index is 0.0915. The number of nitrogens with zero attached hydrogens (tertiary/aromatic N) is 2. The van der Waals surface area contributed by atoms with E-state index in [0.29, 0.717) is 5.82 Å². The van der Waals surface area contributed by atoms with Crippen LogP contribution in [0.15, 0.2) is 30.3 Å². The molecule has 2 rings (SSSR count). The lowest BCUT2D eigenvalue weighted by atomic mass is 10.1. The second-order valence-corrected chi connectivity index (χ2v) is 3.65. The Morgan fingerprint density at radius 1 is 1.12 bits per heavy atom. The van der Waals surface area contributed by atoms with Gasteiger partial charge in [-0.2, -0.15) is 4.98 Å². The maximum atomic E-state index is 9.78. The number of aryl methyl sites for hydroxylation is 1. The summed E-state index contributed by atoms with van der Waals surface area (Å²) in [4.78, 5) is 8.52. The molecule has 1 aromatic carbocycles. The normalized spacial score (nSPS) is 10.4. The summed E-state index contributed by atoms with van der Waals surface area (Å²) >= 11 is 0. The smallest absolute Gasteiger partial charge is 0.217 e. The number of benzene rings is 1. The second kappa shape index (κ2) is 4.31. The van der Waals surface area contributed by atoms with Gasteiger partial charge in [0.2, 0.25) is 5.88 Å². The predicted molar refractivity (Wildman–Crippen MR) is 63.2 cm³/mol. The summed E-state index contributed by atoms with van der Waals surface area (Å²) in [6.07, 6.45) is 0.743. The minimum absolute atomic E-state index is 0.0915. The average molecular weight is 214 g/mol. The maximum Gasteiger partial charge on any atom is 0.217 e. The predicted octanol–water partition coefficient (Wildman–Crippen LogP) is 2.72. The molecular weight excluding hydrogens is 200 g/mol. The molecule has 1 heterocycles. The third-order valence-corrected chi connectivity index (χ3v) is 2.58. The molecule has 1 aromatic heterocycles. The SMILES string of the molecule is CCc1c(C)nc(-c2ccccc2)nc1O. The van der Waals surface area contributed by atoms with E-state index in [1.807, 2.05) is 44.2 Å². The molecule has 16 heavy (non-hydrogen) atoms. The zero-order valence-electron chi connectivity index (χ0n) is 9.44. The largest absolute Gasteiger partial charge is 0.493 e. The van der Waals surface area contributed by atoms with Gasteiger partial charge in [-0.15, -0.1) is 0 Å². The fourth-order valence-electron chi connectivity index (χ4n) is 1.71. The first kappa shape index (κ1) is 10.6. The molecule has 3 nitrogen and oxygen atoms in total. The van der Waals surface area contributed by atoms with Gasteiger partial charge in [0, 0.05) is 16.8 Å². The Balaban J connectivity index is 2.53. The Kier molecular flexibility index (Phi) is 2.86. The summed E-state index contributed by atoms with van der Waals surface area (Å²) in [6, 6.07) is 9.66. The molecule has 0 aliphatic carbocycles. The van der Waals surface area contributed by atoms with Gasteiger partial charge in [0.25, 0.3) is 0 Å². The molecule has 0 amide bonds. The monoisotopic (exact) mass is 214 g/mol. The molecule has 0 saturated heterocycles. The van der Waals surface area contributed by atoms with E-state index in [4.69, 9.17) is 0 Å². The van der Waals surface area contributed by atoms with Gasteiger partial charge in [-0.1, -0.05) is 37.3 Å². The van der Waals surface area contributed by atoms with Crippen LogP contribution in [0.25, 0.3) is 11.4 Å². The van der Waals surface area contributed by atoms with E-state index in [1.54, 1.807) is 0 Å². The van der Waals surface area contributed by atoms with Crippen LogP contribution < -0.4 is 0 Å².